The number of fused-ring (bicyclic) bond motifs is 1. The highest BCUT2D eigenvalue weighted by molar-refractivity contribution is 5.32. The van der Waals surface area contributed by atoms with Crippen molar-refractivity contribution in [1.29, 1.82) is 0 Å². The van der Waals surface area contributed by atoms with Crippen LogP contribution in [0.4, 0.5) is 5.82 Å². The number of hydrogen-bond acceptors (Lipinski definition) is 4. The van der Waals surface area contributed by atoms with Crippen LogP contribution in [0, 0.1) is 12.8 Å². The van der Waals surface area contributed by atoms with Crippen LogP contribution in [0.3, 0.4) is 0 Å². The molecule has 1 aliphatic heterocycles. The van der Waals surface area contributed by atoms with E-state index in [1.807, 2.05) is 36.1 Å². The Morgan fingerprint density at radius 2 is 2.11 bits per heavy atom. The number of hydrogen-bond donors (Lipinski definition) is 1. The van der Waals surface area contributed by atoms with Crippen molar-refractivity contribution in [2.45, 2.75) is 33.0 Å². The number of nitrogens with zero attached hydrogens (tertiary/aromatic N) is 5. The third kappa shape index (κ3) is 4.39. The molecule has 0 radical (unpaired) electrons. The van der Waals surface area contributed by atoms with Crippen LogP contribution in [-0.2, 0) is 26.7 Å². The quantitative estimate of drug-likeness (QED) is 0.730. The zero-order chi connectivity index (χ0) is 18.6. The second-order valence-electron chi connectivity index (χ2n) is 7.52. The summed E-state index contributed by atoms with van der Waals surface area (Å²) in [5.74, 6) is 1.55. The van der Waals surface area contributed by atoms with E-state index >= 15 is 0 Å². The average Bonchev–Trinajstić information content (AvgIpc) is 3.16. The molecule has 4 heterocycles. The second kappa shape index (κ2) is 7.96. The number of anilines is 1. The standard InChI is InChI=1S/C21H28N6/c1-17-12-20(25(2)24-17)16-26-13-18(14-27-11-5-6-19(27)15-26)8-10-23-21-7-3-4-9-22-21/h3-7,9,11-12,18H,8,10,13-16H2,1-2H3,(H,22,23)/t18-/m1/s1. The van der Waals surface area contributed by atoms with Crippen LogP contribution in [0.5, 0.6) is 0 Å². The van der Waals surface area contributed by atoms with Crippen molar-refractivity contribution in [2.24, 2.45) is 13.0 Å². The van der Waals surface area contributed by atoms with E-state index in [9.17, 15) is 0 Å². The summed E-state index contributed by atoms with van der Waals surface area (Å²) in [6.07, 6.45) is 5.17. The lowest BCUT2D eigenvalue weighted by Crippen LogP contribution is -2.29. The molecule has 1 atom stereocenters. The lowest BCUT2D eigenvalue weighted by atomic mass is 10.0. The van der Waals surface area contributed by atoms with Crippen LogP contribution in [0.2, 0.25) is 0 Å². The summed E-state index contributed by atoms with van der Waals surface area (Å²) in [7, 11) is 2.04. The van der Waals surface area contributed by atoms with Crippen LogP contribution in [0.1, 0.15) is 23.5 Å². The first-order valence-electron chi connectivity index (χ1n) is 9.68. The molecule has 0 saturated carbocycles. The Balaban J connectivity index is 1.42. The normalized spacial score (nSPS) is 17.5. The molecular weight excluding hydrogens is 336 g/mol. The van der Waals surface area contributed by atoms with Gasteiger partial charge in [-0.2, -0.15) is 5.10 Å². The van der Waals surface area contributed by atoms with Gasteiger partial charge in [0.2, 0.25) is 0 Å². The Labute approximate surface area is 160 Å². The zero-order valence-corrected chi connectivity index (χ0v) is 16.2. The summed E-state index contributed by atoms with van der Waals surface area (Å²) in [5.41, 5.74) is 3.76. The second-order valence-corrected chi connectivity index (χ2v) is 7.52. The van der Waals surface area contributed by atoms with Crippen LogP contribution >= 0.6 is 0 Å². The van der Waals surface area contributed by atoms with Crippen LogP contribution in [0.25, 0.3) is 0 Å². The maximum atomic E-state index is 4.50. The van der Waals surface area contributed by atoms with E-state index in [0.29, 0.717) is 5.92 Å². The van der Waals surface area contributed by atoms with Gasteiger partial charge in [-0.1, -0.05) is 6.07 Å². The Morgan fingerprint density at radius 1 is 1.19 bits per heavy atom. The highest BCUT2D eigenvalue weighted by Gasteiger charge is 2.22. The summed E-state index contributed by atoms with van der Waals surface area (Å²) in [5, 5.41) is 7.96. The Kier molecular flexibility index (Phi) is 5.25. The fourth-order valence-electron chi connectivity index (χ4n) is 3.98. The molecule has 0 amide bonds. The summed E-state index contributed by atoms with van der Waals surface area (Å²) < 4.78 is 4.43. The third-order valence-electron chi connectivity index (χ3n) is 5.29. The number of aromatic nitrogens is 4. The molecule has 0 saturated heterocycles. The number of rotatable bonds is 6. The number of pyridine rings is 1. The molecule has 1 aliphatic rings. The van der Waals surface area contributed by atoms with Gasteiger partial charge in [-0.25, -0.2) is 4.98 Å². The van der Waals surface area contributed by atoms with Crippen LogP contribution in [0.15, 0.2) is 48.8 Å². The topological polar surface area (TPSA) is 50.9 Å². The minimum absolute atomic E-state index is 0.601. The predicted molar refractivity (Wildman–Crippen MR) is 107 cm³/mol. The molecule has 4 rings (SSSR count). The first-order chi connectivity index (χ1) is 13.2. The maximum Gasteiger partial charge on any atom is 0.125 e. The minimum atomic E-state index is 0.601. The zero-order valence-electron chi connectivity index (χ0n) is 16.2. The van der Waals surface area contributed by atoms with E-state index in [4.69, 9.17) is 0 Å². The molecule has 0 fully saturated rings. The molecule has 0 bridgehead atoms. The SMILES string of the molecule is Cc1cc(CN2Cc3cccn3C[C@H](CCNc3ccccn3)C2)n(C)n1. The predicted octanol–water partition coefficient (Wildman–Crippen LogP) is 3.06. The third-order valence-corrected chi connectivity index (χ3v) is 5.29. The summed E-state index contributed by atoms with van der Waals surface area (Å²) >= 11 is 0. The van der Waals surface area contributed by atoms with E-state index < -0.39 is 0 Å². The first kappa shape index (κ1) is 17.8. The van der Waals surface area contributed by atoms with Crippen LogP contribution in [-0.4, -0.2) is 37.3 Å². The molecule has 27 heavy (non-hydrogen) atoms. The van der Waals surface area contributed by atoms with Crippen molar-refractivity contribution in [3.63, 3.8) is 0 Å². The fraction of sp³-hybridized carbons (Fsp3) is 0.429. The monoisotopic (exact) mass is 364 g/mol. The van der Waals surface area contributed by atoms with Crippen molar-refractivity contribution in [3.8, 4) is 0 Å². The Hall–Kier alpha value is -2.60. The highest BCUT2D eigenvalue weighted by atomic mass is 15.3. The summed E-state index contributed by atoms with van der Waals surface area (Å²) in [4.78, 5) is 6.91. The molecule has 0 aliphatic carbocycles. The van der Waals surface area contributed by atoms with Gasteiger partial charge in [-0.05, 0) is 49.6 Å². The van der Waals surface area contributed by atoms with Gasteiger partial charge in [0.15, 0.2) is 0 Å². The molecule has 6 heteroatoms. The molecule has 3 aromatic rings. The number of aryl methyl sites for hydroxylation is 2. The Bertz CT molecular complexity index is 866. The lowest BCUT2D eigenvalue weighted by Gasteiger charge is -2.24. The molecule has 142 valence electrons. The van der Waals surface area contributed by atoms with E-state index in [-0.39, 0.29) is 0 Å². The molecular formula is C21H28N6. The molecule has 0 aromatic carbocycles. The van der Waals surface area contributed by atoms with Crippen molar-refractivity contribution in [1.82, 2.24) is 24.2 Å². The van der Waals surface area contributed by atoms with Gasteiger partial charge in [0.1, 0.15) is 5.82 Å². The highest BCUT2D eigenvalue weighted by Crippen LogP contribution is 2.21. The molecule has 0 unspecified atom stereocenters. The first-order valence-corrected chi connectivity index (χ1v) is 9.68. The van der Waals surface area contributed by atoms with Gasteiger partial charge in [-0.3, -0.25) is 9.58 Å². The minimum Gasteiger partial charge on any atom is -0.370 e. The molecule has 3 aromatic heterocycles. The number of nitrogens with one attached hydrogen (secondary N) is 1. The lowest BCUT2D eigenvalue weighted by molar-refractivity contribution is 0.212. The summed E-state index contributed by atoms with van der Waals surface area (Å²) in [6.45, 7) is 7.09. The Morgan fingerprint density at radius 3 is 2.89 bits per heavy atom. The van der Waals surface area contributed by atoms with Crippen molar-refractivity contribution < 1.29 is 0 Å². The van der Waals surface area contributed by atoms with Gasteiger partial charge in [0, 0.05) is 57.9 Å². The smallest absolute Gasteiger partial charge is 0.125 e. The summed E-state index contributed by atoms with van der Waals surface area (Å²) in [6, 6.07) is 12.6. The van der Waals surface area contributed by atoms with Crippen molar-refractivity contribution >= 4 is 5.82 Å². The average molecular weight is 364 g/mol. The van der Waals surface area contributed by atoms with Gasteiger partial charge in [0.05, 0.1) is 11.4 Å². The van der Waals surface area contributed by atoms with E-state index in [2.05, 4.69) is 56.2 Å². The molecule has 6 nitrogen and oxygen atoms in total. The largest absolute Gasteiger partial charge is 0.370 e. The van der Waals surface area contributed by atoms with E-state index in [0.717, 1.165) is 50.7 Å². The van der Waals surface area contributed by atoms with Crippen molar-refractivity contribution in [3.05, 3.63) is 65.9 Å². The van der Waals surface area contributed by atoms with E-state index in [1.54, 1.807) is 0 Å². The van der Waals surface area contributed by atoms with Crippen LogP contribution < -0.4 is 5.32 Å². The van der Waals surface area contributed by atoms with Gasteiger partial charge in [0.25, 0.3) is 0 Å². The van der Waals surface area contributed by atoms with Crippen molar-refractivity contribution in [2.75, 3.05) is 18.4 Å². The van der Waals surface area contributed by atoms with E-state index in [1.165, 1.54) is 11.4 Å². The fourth-order valence-corrected chi connectivity index (χ4v) is 3.98. The van der Waals surface area contributed by atoms with Gasteiger partial charge < -0.3 is 9.88 Å². The molecule has 1 N–H and O–H groups in total. The van der Waals surface area contributed by atoms with Gasteiger partial charge in [-0.15, -0.1) is 0 Å². The van der Waals surface area contributed by atoms with Gasteiger partial charge >= 0.3 is 0 Å². The molecule has 0 spiro atoms. The maximum absolute atomic E-state index is 4.50.